The van der Waals surface area contributed by atoms with Crippen LogP contribution in [0.3, 0.4) is 0 Å². The quantitative estimate of drug-likeness (QED) is 0.844. The molecule has 0 bridgehead atoms. The van der Waals surface area contributed by atoms with Gasteiger partial charge in [0.15, 0.2) is 0 Å². The molecule has 0 heterocycles. The van der Waals surface area contributed by atoms with Gasteiger partial charge in [-0.1, -0.05) is 24.3 Å². The standard InChI is InChI=1S/C15H21NO/c1-17-11-15(8-9-15)13-5-3-2-4-12(13)14(10-16)6-7-14/h2-5H,6-11,16H2,1H3. The van der Waals surface area contributed by atoms with Gasteiger partial charge in [0.2, 0.25) is 0 Å². The molecule has 3 rings (SSSR count). The fraction of sp³-hybridized carbons (Fsp3) is 0.600. The number of ether oxygens (including phenoxy) is 1. The summed E-state index contributed by atoms with van der Waals surface area (Å²) in [6.45, 7) is 1.64. The third-order valence-corrected chi connectivity index (χ3v) is 4.59. The molecular formula is C15H21NO. The summed E-state index contributed by atoms with van der Waals surface area (Å²) in [5.41, 5.74) is 9.57. The topological polar surface area (TPSA) is 35.2 Å². The fourth-order valence-electron chi connectivity index (χ4n) is 3.06. The molecule has 92 valence electrons. The van der Waals surface area contributed by atoms with E-state index in [-0.39, 0.29) is 0 Å². The largest absolute Gasteiger partial charge is 0.384 e. The van der Waals surface area contributed by atoms with E-state index in [2.05, 4.69) is 24.3 Å². The van der Waals surface area contributed by atoms with Gasteiger partial charge < -0.3 is 10.5 Å². The SMILES string of the molecule is COCC1(c2ccccc2C2(CN)CC2)CC1. The number of methoxy groups -OCH3 is 1. The van der Waals surface area contributed by atoms with Crippen molar-refractivity contribution in [1.29, 1.82) is 0 Å². The Morgan fingerprint density at radius 2 is 1.59 bits per heavy atom. The number of rotatable bonds is 5. The molecule has 0 spiro atoms. The Morgan fingerprint density at radius 3 is 2.00 bits per heavy atom. The summed E-state index contributed by atoms with van der Waals surface area (Å²) in [4.78, 5) is 0. The van der Waals surface area contributed by atoms with Gasteiger partial charge in [-0.3, -0.25) is 0 Å². The summed E-state index contributed by atoms with van der Waals surface area (Å²) in [7, 11) is 1.80. The van der Waals surface area contributed by atoms with E-state index in [9.17, 15) is 0 Å². The Bertz CT molecular complexity index is 419. The lowest BCUT2D eigenvalue weighted by Gasteiger charge is -2.23. The van der Waals surface area contributed by atoms with Crippen LogP contribution in [0.2, 0.25) is 0 Å². The van der Waals surface area contributed by atoms with E-state index in [4.69, 9.17) is 10.5 Å². The lowest BCUT2D eigenvalue weighted by molar-refractivity contribution is 0.171. The van der Waals surface area contributed by atoms with Crippen molar-refractivity contribution in [3.05, 3.63) is 35.4 Å². The molecule has 0 atom stereocenters. The lowest BCUT2D eigenvalue weighted by Crippen LogP contribution is -2.25. The zero-order valence-corrected chi connectivity index (χ0v) is 10.5. The summed E-state index contributed by atoms with van der Waals surface area (Å²) >= 11 is 0. The van der Waals surface area contributed by atoms with Crippen molar-refractivity contribution in [1.82, 2.24) is 0 Å². The minimum atomic E-state index is 0.292. The summed E-state index contributed by atoms with van der Waals surface area (Å²) in [5, 5.41) is 0. The van der Waals surface area contributed by atoms with Crippen LogP contribution in [0.4, 0.5) is 0 Å². The lowest BCUT2D eigenvalue weighted by atomic mass is 9.84. The van der Waals surface area contributed by atoms with E-state index in [0.29, 0.717) is 10.8 Å². The van der Waals surface area contributed by atoms with Crippen molar-refractivity contribution >= 4 is 0 Å². The van der Waals surface area contributed by atoms with Crippen LogP contribution in [0.5, 0.6) is 0 Å². The van der Waals surface area contributed by atoms with Crippen molar-refractivity contribution in [2.45, 2.75) is 36.5 Å². The molecule has 2 aliphatic carbocycles. The maximum atomic E-state index is 5.98. The molecule has 0 saturated heterocycles. The van der Waals surface area contributed by atoms with E-state index in [0.717, 1.165) is 13.2 Å². The van der Waals surface area contributed by atoms with Gasteiger partial charge in [-0.15, -0.1) is 0 Å². The normalized spacial score (nSPS) is 23.4. The predicted molar refractivity (Wildman–Crippen MR) is 69.2 cm³/mol. The minimum Gasteiger partial charge on any atom is -0.384 e. The fourth-order valence-corrected chi connectivity index (χ4v) is 3.06. The summed E-state index contributed by atoms with van der Waals surface area (Å²) in [6, 6.07) is 8.88. The Kier molecular flexibility index (Phi) is 2.53. The molecule has 0 amide bonds. The first kappa shape index (κ1) is 11.2. The van der Waals surface area contributed by atoms with Crippen LogP contribution in [0.15, 0.2) is 24.3 Å². The molecule has 17 heavy (non-hydrogen) atoms. The predicted octanol–water partition coefficient (Wildman–Crippen LogP) is 2.35. The van der Waals surface area contributed by atoms with Crippen molar-refractivity contribution < 1.29 is 4.74 Å². The average Bonchev–Trinajstić information content (AvgIpc) is 3.26. The van der Waals surface area contributed by atoms with Crippen LogP contribution in [-0.4, -0.2) is 20.3 Å². The maximum absolute atomic E-state index is 5.98. The Balaban J connectivity index is 2.00. The Morgan fingerprint density at radius 1 is 1.06 bits per heavy atom. The first-order valence-electron chi connectivity index (χ1n) is 6.55. The molecule has 0 aliphatic heterocycles. The van der Waals surface area contributed by atoms with Gasteiger partial charge in [0.25, 0.3) is 0 Å². The van der Waals surface area contributed by atoms with E-state index >= 15 is 0 Å². The number of hydrogen-bond acceptors (Lipinski definition) is 2. The Labute approximate surface area is 103 Å². The van der Waals surface area contributed by atoms with Crippen LogP contribution in [0, 0.1) is 0 Å². The summed E-state index contributed by atoms with van der Waals surface area (Å²) in [6.07, 6.45) is 5.03. The second-order valence-corrected chi connectivity index (χ2v) is 5.74. The molecule has 1 aromatic carbocycles. The molecule has 0 aromatic heterocycles. The zero-order chi connectivity index (χ0) is 11.9. The van der Waals surface area contributed by atoms with Gasteiger partial charge in [0, 0.05) is 24.5 Å². The highest BCUT2D eigenvalue weighted by molar-refractivity contribution is 5.46. The van der Waals surface area contributed by atoms with E-state index in [1.54, 1.807) is 7.11 Å². The Hall–Kier alpha value is -0.860. The molecule has 2 aliphatic rings. The molecule has 0 unspecified atom stereocenters. The van der Waals surface area contributed by atoms with E-state index in [1.165, 1.54) is 36.8 Å². The van der Waals surface area contributed by atoms with Crippen molar-refractivity contribution in [2.24, 2.45) is 5.73 Å². The van der Waals surface area contributed by atoms with Crippen LogP contribution >= 0.6 is 0 Å². The third-order valence-electron chi connectivity index (χ3n) is 4.59. The van der Waals surface area contributed by atoms with Crippen LogP contribution in [-0.2, 0) is 15.6 Å². The molecule has 2 nitrogen and oxygen atoms in total. The monoisotopic (exact) mass is 231 g/mol. The molecule has 2 fully saturated rings. The van der Waals surface area contributed by atoms with Crippen molar-refractivity contribution in [3.8, 4) is 0 Å². The van der Waals surface area contributed by atoms with Crippen molar-refractivity contribution in [2.75, 3.05) is 20.3 Å². The van der Waals surface area contributed by atoms with Gasteiger partial charge in [-0.2, -0.15) is 0 Å². The zero-order valence-electron chi connectivity index (χ0n) is 10.5. The van der Waals surface area contributed by atoms with Crippen LogP contribution in [0.25, 0.3) is 0 Å². The van der Waals surface area contributed by atoms with Crippen LogP contribution in [0.1, 0.15) is 36.8 Å². The highest BCUT2D eigenvalue weighted by atomic mass is 16.5. The third kappa shape index (κ3) is 1.71. The molecule has 2 saturated carbocycles. The number of nitrogens with two attached hydrogens (primary N) is 1. The second kappa shape index (κ2) is 3.82. The molecule has 2 N–H and O–H groups in total. The van der Waals surface area contributed by atoms with Gasteiger partial charge in [0.05, 0.1) is 6.61 Å². The molecule has 2 heteroatoms. The molecular weight excluding hydrogens is 210 g/mol. The highest BCUT2D eigenvalue weighted by Crippen LogP contribution is 2.56. The summed E-state index contributed by atoms with van der Waals surface area (Å²) < 4.78 is 5.41. The highest BCUT2D eigenvalue weighted by Gasteiger charge is 2.51. The minimum absolute atomic E-state index is 0.292. The molecule has 1 aromatic rings. The van der Waals surface area contributed by atoms with Gasteiger partial charge in [-0.25, -0.2) is 0 Å². The van der Waals surface area contributed by atoms with Gasteiger partial charge in [0.1, 0.15) is 0 Å². The smallest absolute Gasteiger partial charge is 0.0559 e. The average molecular weight is 231 g/mol. The maximum Gasteiger partial charge on any atom is 0.0559 e. The van der Waals surface area contributed by atoms with Crippen molar-refractivity contribution in [3.63, 3.8) is 0 Å². The second-order valence-electron chi connectivity index (χ2n) is 5.74. The van der Waals surface area contributed by atoms with E-state index in [1.807, 2.05) is 0 Å². The number of hydrogen-bond donors (Lipinski definition) is 1. The first-order valence-corrected chi connectivity index (χ1v) is 6.55. The van der Waals surface area contributed by atoms with Gasteiger partial charge >= 0.3 is 0 Å². The first-order chi connectivity index (χ1) is 8.26. The molecule has 0 radical (unpaired) electrons. The van der Waals surface area contributed by atoms with Crippen LogP contribution < -0.4 is 5.73 Å². The van der Waals surface area contributed by atoms with Gasteiger partial charge in [-0.05, 0) is 36.8 Å². The summed E-state index contributed by atoms with van der Waals surface area (Å²) in [5.74, 6) is 0. The van der Waals surface area contributed by atoms with E-state index < -0.39 is 0 Å². The number of benzene rings is 1.